The van der Waals surface area contributed by atoms with E-state index in [0.29, 0.717) is 11.5 Å². The molecule has 1 unspecified atom stereocenters. The number of carboxylic acids is 1. The van der Waals surface area contributed by atoms with Gasteiger partial charge < -0.3 is 15.5 Å². The Labute approximate surface area is 215 Å². The summed E-state index contributed by atoms with van der Waals surface area (Å²) in [7, 11) is -2.34. The van der Waals surface area contributed by atoms with E-state index in [0.717, 1.165) is 29.6 Å². The molecule has 0 spiro atoms. The minimum absolute atomic E-state index is 0.0407. The van der Waals surface area contributed by atoms with Crippen LogP contribution in [0.25, 0.3) is 6.08 Å². The number of aliphatic hydroxyl groups is 1. The number of rotatable bonds is 11. The first-order chi connectivity index (χ1) is 17.0. The summed E-state index contributed by atoms with van der Waals surface area (Å²) in [6, 6.07) is 14.5. The molecule has 0 aliphatic heterocycles. The fourth-order valence-corrected chi connectivity index (χ4v) is 5.75. The average molecular weight is 515 g/mol. The smallest absolute Gasteiger partial charge is 0.328 e. The number of benzene rings is 2. The van der Waals surface area contributed by atoms with Crippen LogP contribution in [0.4, 0.5) is 0 Å². The first-order valence-electron chi connectivity index (χ1n) is 11.9. The standard InChI is InChI=1S/C26H34N2O5S.C2H4/c1-26(2,16-20-14-21-6-4-5-7-22(21)15-20)27-17-23(29)18-28(3)34(32,33)24-11-8-19(9-12-24)10-13-25(30)31;1-2/h4-13,20,23,27,29H,14-18H2,1-3H3,(H,30,31);1-2H2/b13-10-;. The van der Waals surface area contributed by atoms with E-state index in [1.807, 2.05) is 0 Å². The number of hydrogen-bond donors (Lipinski definition) is 3. The zero-order valence-electron chi connectivity index (χ0n) is 21.4. The lowest BCUT2D eigenvalue weighted by Gasteiger charge is -2.31. The molecule has 7 nitrogen and oxygen atoms in total. The van der Waals surface area contributed by atoms with Crippen LogP contribution in [0.2, 0.25) is 0 Å². The quantitative estimate of drug-likeness (QED) is 0.312. The van der Waals surface area contributed by atoms with Crippen LogP contribution in [0.3, 0.4) is 0 Å². The van der Waals surface area contributed by atoms with E-state index < -0.39 is 22.1 Å². The highest BCUT2D eigenvalue weighted by atomic mass is 32.2. The minimum Gasteiger partial charge on any atom is -0.478 e. The van der Waals surface area contributed by atoms with Crippen molar-refractivity contribution in [3.63, 3.8) is 0 Å². The Morgan fingerprint density at radius 3 is 2.22 bits per heavy atom. The van der Waals surface area contributed by atoms with Crippen LogP contribution >= 0.6 is 0 Å². The first kappa shape index (κ1) is 29.5. The van der Waals surface area contributed by atoms with E-state index in [9.17, 15) is 18.3 Å². The fraction of sp³-hybridized carbons (Fsp3) is 0.393. The summed E-state index contributed by atoms with van der Waals surface area (Å²) in [5, 5.41) is 22.6. The number of sulfonamides is 1. The van der Waals surface area contributed by atoms with Gasteiger partial charge in [0.15, 0.2) is 0 Å². The maximum atomic E-state index is 12.9. The highest BCUT2D eigenvalue weighted by Gasteiger charge is 2.29. The molecule has 2 aromatic carbocycles. The van der Waals surface area contributed by atoms with Gasteiger partial charge in [-0.1, -0.05) is 36.4 Å². The SMILES string of the molecule is C=C.CN(CC(O)CNC(C)(C)CC1Cc2ccccc2C1)S(=O)(=O)c1ccc(/C=C\C(=O)O)cc1. The van der Waals surface area contributed by atoms with Crippen LogP contribution in [-0.2, 0) is 27.7 Å². The fourth-order valence-electron chi connectivity index (χ4n) is 4.54. The number of fused-ring (bicyclic) bond motifs is 1. The second kappa shape index (κ2) is 13.0. The molecule has 3 rings (SSSR count). The molecule has 2 aromatic rings. The Kier molecular flexibility index (Phi) is 10.6. The normalized spacial score (nSPS) is 14.9. The van der Waals surface area contributed by atoms with E-state index in [-0.39, 0.29) is 23.5 Å². The predicted molar refractivity (Wildman–Crippen MR) is 144 cm³/mol. The van der Waals surface area contributed by atoms with E-state index in [1.165, 1.54) is 36.4 Å². The monoisotopic (exact) mass is 514 g/mol. The van der Waals surface area contributed by atoms with Crippen molar-refractivity contribution >= 4 is 22.1 Å². The Bertz CT molecular complexity index is 1120. The second-order valence-electron chi connectivity index (χ2n) is 9.69. The number of aliphatic hydroxyl groups excluding tert-OH is 1. The number of nitrogens with one attached hydrogen (secondary N) is 1. The average Bonchev–Trinajstić information content (AvgIpc) is 3.24. The molecule has 0 heterocycles. The number of carboxylic acid groups (broad SMARTS) is 1. The number of aliphatic carboxylic acids is 1. The Balaban J connectivity index is 0.00000222. The molecular weight excluding hydrogens is 476 g/mol. The van der Waals surface area contributed by atoms with E-state index in [1.54, 1.807) is 12.1 Å². The van der Waals surface area contributed by atoms with Crippen LogP contribution < -0.4 is 5.32 Å². The van der Waals surface area contributed by atoms with Gasteiger partial charge in [-0.25, -0.2) is 13.2 Å². The van der Waals surface area contributed by atoms with Gasteiger partial charge >= 0.3 is 5.97 Å². The van der Waals surface area contributed by atoms with Gasteiger partial charge in [0.2, 0.25) is 10.0 Å². The maximum absolute atomic E-state index is 12.9. The van der Waals surface area contributed by atoms with Gasteiger partial charge in [0.25, 0.3) is 0 Å². The van der Waals surface area contributed by atoms with Gasteiger partial charge in [-0.15, -0.1) is 13.2 Å². The number of likely N-dealkylation sites (N-methyl/N-ethyl adjacent to an activating group) is 1. The molecule has 1 aliphatic rings. The van der Waals surface area contributed by atoms with Crippen molar-refractivity contribution in [2.24, 2.45) is 5.92 Å². The molecule has 0 aromatic heterocycles. The molecule has 0 bridgehead atoms. The molecule has 36 heavy (non-hydrogen) atoms. The van der Waals surface area contributed by atoms with Crippen LogP contribution in [0.5, 0.6) is 0 Å². The lowest BCUT2D eigenvalue weighted by atomic mass is 9.88. The van der Waals surface area contributed by atoms with Crippen molar-refractivity contribution in [2.45, 2.75) is 49.6 Å². The van der Waals surface area contributed by atoms with Crippen molar-refractivity contribution in [3.05, 3.63) is 84.5 Å². The summed E-state index contributed by atoms with van der Waals surface area (Å²) in [6.07, 6.45) is 4.62. The molecule has 8 heteroatoms. The number of nitrogens with zero attached hydrogens (tertiary/aromatic N) is 1. The number of β-amino-alcohol motifs (C(OH)–C–C–N with tert-alkyl or cyclic N) is 1. The maximum Gasteiger partial charge on any atom is 0.328 e. The van der Waals surface area contributed by atoms with Crippen LogP contribution in [0, 0.1) is 5.92 Å². The molecule has 1 aliphatic carbocycles. The largest absolute Gasteiger partial charge is 0.478 e. The molecule has 0 saturated carbocycles. The Morgan fingerprint density at radius 1 is 1.14 bits per heavy atom. The van der Waals surface area contributed by atoms with Gasteiger partial charge in [0, 0.05) is 31.8 Å². The predicted octanol–water partition coefficient (Wildman–Crippen LogP) is 3.74. The first-order valence-corrected chi connectivity index (χ1v) is 13.4. The van der Waals surface area contributed by atoms with E-state index in [2.05, 4.69) is 56.6 Å². The summed E-state index contributed by atoms with van der Waals surface area (Å²) in [4.78, 5) is 10.7. The molecule has 3 N–H and O–H groups in total. The zero-order chi connectivity index (χ0) is 26.9. The molecule has 196 valence electrons. The molecule has 0 saturated heterocycles. The third-order valence-corrected chi connectivity index (χ3v) is 8.06. The van der Waals surface area contributed by atoms with Crippen molar-refractivity contribution in [1.29, 1.82) is 0 Å². The summed E-state index contributed by atoms with van der Waals surface area (Å²) in [5.74, 6) is -0.524. The summed E-state index contributed by atoms with van der Waals surface area (Å²) in [5.41, 5.74) is 3.23. The highest BCUT2D eigenvalue weighted by molar-refractivity contribution is 7.89. The third-order valence-electron chi connectivity index (χ3n) is 6.23. The zero-order valence-corrected chi connectivity index (χ0v) is 22.2. The minimum atomic E-state index is -3.78. The van der Waals surface area contributed by atoms with Crippen LogP contribution in [0.1, 0.15) is 37.0 Å². The van der Waals surface area contributed by atoms with Crippen molar-refractivity contribution in [2.75, 3.05) is 20.1 Å². The van der Waals surface area contributed by atoms with Gasteiger partial charge in [-0.05, 0) is 73.9 Å². The molecule has 0 amide bonds. The molecule has 0 fully saturated rings. The van der Waals surface area contributed by atoms with E-state index >= 15 is 0 Å². The summed E-state index contributed by atoms with van der Waals surface area (Å²) < 4.78 is 26.9. The molecule has 0 radical (unpaired) electrons. The van der Waals surface area contributed by atoms with Gasteiger partial charge in [0.1, 0.15) is 0 Å². The Hall–Kier alpha value is -2.78. The molecule has 1 atom stereocenters. The van der Waals surface area contributed by atoms with Crippen LogP contribution in [0.15, 0.2) is 72.7 Å². The summed E-state index contributed by atoms with van der Waals surface area (Å²) >= 11 is 0. The topological polar surface area (TPSA) is 107 Å². The number of hydrogen-bond acceptors (Lipinski definition) is 5. The molecular formula is C28H38N2O5S. The highest BCUT2D eigenvalue weighted by Crippen LogP contribution is 2.31. The van der Waals surface area contributed by atoms with Crippen molar-refractivity contribution in [1.82, 2.24) is 9.62 Å². The van der Waals surface area contributed by atoms with Gasteiger partial charge in [-0.2, -0.15) is 4.31 Å². The Morgan fingerprint density at radius 2 is 1.69 bits per heavy atom. The van der Waals surface area contributed by atoms with Crippen molar-refractivity contribution in [3.8, 4) is 0 Å². The number of carbonyl (C=O) groups is 1. The summed E-state index contributed by atoms with van der Waals surface area (Å²) in [6.45, 7) is 10.5. The van der Waals surface area contributed by atoms with Gasteiger partial charge in [0.05, 0.1) is 11.0 Å². The van der Waals surface area contributed by atoms with E-state index in [4.69, 9.17) is 5.11 Å². The lowest BCUT2D eigenvalue weighted by Crippen LogP contribution is -2.47. The third kappa shape index (κ3) is 8.41. The van der Waals surface area contributed by atoms with Gasteiger partial charge in [-0.3, -0.25) is 0 Å². The lowest BCUT2D eigenvalue weighted by molar-refractivity contribution is -0.131. The second-order valence-corrected chi connectivity index (χ2v) is 11.7. The van der Waals surface area contributed by atoms with Crippen molar-refractivity contribution < 1.29 is 23.4 Å². The van der Waals surface area contributed by atoms with Crippen LogP contribution in [-0.4, -0.2) is 60.7 Å².